The number of benzene rings is 1. The number of nitro benzene ring substituents is 1. The largest absolute Gasteiger partial charge is 0.481 e. The molecule has 6 nitrogen and oxygen atoms in total. The molecule has 0 saturated carbocycles. The Morgan fingerprint density at radius 2 is 2.27 bits per heavy atom. The fraction of sp³-hybridized carbons (Fsp3) is 0.533. The van der Waals surface area contributed by atoms with Gasteiger partial charge in [0, 0.05) is 36.2 Å². The Labute approximate surface area is 133 Å². The predicted molar refractivity (Wildman–Crippen MR) is 83.0 cm³/mol. The number of hydrogen-bond donors (Lipinski definition) is 1. The first-order chi connectivity index (χ1) is 10.5. The molecule has 1 saturated heterocycles. The highest BCUT2D eigenvalue weighted by Gasteiger charge is 2.23. The first-order valence-corrected chi connectivity index (χ1v) is 7.70. The molecular weight excluding hydrogens is 308 g/mol. The highest BCUT2D eigenvalue weighted by Crippen LogP contribution is 2.27. The minimum atomic E-state index is -0.775. The summed E-state index contributed by atoms with van der Waals surface area (Å²) in [4.78, 5) is 23.5. The van der Waals surface area contributed by atoms with Gasteiger partial charge in [0.2, 0.25) is 0 Å². The van der Waals surface area contributed by atoms with Gasteiger partial charge < -0.3 is 5.11 Å². The lowest BCUT2D eigenvalue weighted by atomic mass is 9.93. The summed E-state index contributed by atoms with van der Waals surface area (Å²) in [6.45, 7) is 2.12. The highest BCUT2D eigenvalue weighted by molar-refractivity contribution is 6.30. The van der Waals surface area contributed by atoms with E-state index in [2.05, 4.69) is 4.90 Å². The summed E-state index contributed by atoms with van der Waals surface area (Å²) in [6, 6.07) is 4.60. The smallest absolute Gasteiger partial charge is 0.303 e. The molecule has 1 fully saturated rings. The van der Waals surface area contributed by atoms with Crippen LogP contribution in [0.2, 0.25) is 5.02 Å². The van der Waals surface area contributed by atoms with Crippen LogP contribution in [0.25, 0.3) is 0 Å². The van der Waals surface area contributed by atoms with Crippen LogP contribution in [-0.4, -0.2) is 34.0 Å². The van der Waals surface area contributed by atoms with Gasteiger partial charge in [-0.15, -0.1) is 0 Å². The Balaban J connectivity index is 2.02. The number of nitrogens with zero attached hydrogens (tertiary/aromatic N) is 2. The Kier molecular flexibility index (Phi) is 5.74. The third-order valence-corrected chi connectivity index (χ3v) is 4.24. The summed E-state index contributed by atoms with van der Waals surface area (Å²) < 4.78 is 0. The van der Waals surface area contributed by atoms with Gasteiger partial charge in [0.1, 0.15) is 0 Å². The first-order valence-electron chi connectivity index (χ1n) is 7.32. The SMILES string of the molecule is O=C(O)CCC1CCCN(Cc2cc(Cl)ccc2[N+](=O)[O-])C1. The fourth-order valence-corrected chi connectivity index (χ4v) is 3.15. The fourth-order valence-electron chi connectivity index (χ4n) is 2.96. The van der Waals surface area contributed by atoms with E-state index >= 15 is 0 Å². The molecule has 1 aromatic rings. The zero-order valence-electron chi connectivity index (χ0n) is 12.2. The van der Waals surface area contributed by atoms with Crippen LogP contribution in [0.5, 0.6) is 0 Å². The molecule has 22 heavy (non-hydrogen) atoms. The van der Waals surface area contributed by atoms with Crippen molar-refractivity contribution in [2.24, 2.45) is 5.92 Å². The minimum Gasteiger partial charge on any atom is -0.481 e. The lowest BCUT2D eigenvalue weighted by molar-refractivity contribution is -0.385. The molecule has 1 aliphatic heterocycles. The Morgan fingerprint density at radius 3 is 2.95 bits per heavy atom. The van der Waals surface area contributed by atoms with Crippen LogP contribution >= 0.6 is 11.6 Å². The Morgan fingerprint density at radius 1 is 1.50 bits per heavy atom. The monoisotopic (exact) mass is 326 g/mol. The van der Waals surface area contributed by atoms with E-state index in [9.17, 15) is 14.9 Å². The lowest BCUT2D eigenvalue weighted by Crippen LogP contribution is -2.35. The second-order valence-corrected chi connectivity index (χ2v) is 6.14. The normalized spacial score (nSPS) is 19.0. The third kappa shape index (κ3) is 4.68. The summed E-state index contributed by atoms with van der Waals surface area (Å²) in [6.07, 6.45) is 2.83. The van der Waals surface area contributed by atoms with Crippen molar-refractivity contribution in [3.63, 3.8) is 0 Å². The standard InChI is InChI=1S/C15H19ClN2O4/c16-13-4-5-14(18(21)22)12(8-13)10-17-7-1-2-11(9-17)3-6-15(19)20/h4-5,8,11H,1-3,6-7,9-10H2,(H,19,20). The second kappa shape index (κ2) is 7.56. The molecule has 1 unspecified atom stereocenters. The van der Waals surface area contributed by atoms with Crippen LogP contribution in [0, 0.1) is 16.0 Å². The Hall–Kier alpha value is -1.66. The van der Waals surface area contributed by atoms with Crippen molar-refractivity contribution in [2.75, 3.05) is 13.1 Å². The lowest BCUT2D eigenvalue weighted by Gasteiger charge is -2.32. The molecule has 1 aliphatic rings. The van der Waals surface area contributed by atoms with Gasteiger partial charge in [0.05, 0.1) is 4.92 Å². The van der Waals surface area contributed by atoms with Crippen LogP contribution in [0.3, 0.4) is 0 Å². The van der Waals surface area contributed by atoms with Crippen molar-refractivity contribution in [3.8, 4) is 0 Å². The van der Waals surface area contributed by atoms with Crippen LogP contribution in [0.4, 0.5) is 5.69 Å². The average molecular weight is 327 g/mol. The maximum absolute atomic E-state index is 11.1. The van der Waals surface area contributed by atoms with E-state index in [0.29, 0.717) is 29.5 Å². The summed E-state index contributed by atoms with van der Waals surface area (Å²) >= 11 is 5.95. The van der Waals surface area contributed by atoms with Gasteiger partial charge in [-0.25, -0.2) is 0 Å². The van der Waals surface area contributed by atoms with Crippen LogP contribution < -0.4 is 0 Å². The van der Waals surface area contributed by atoms with Crippen LogP contribution in [0.15, 0.2) is 18.2 Å². The van der Waals surface area contributed by atoms with Crippen molar-refractivity contribution < 1.29 is 14.8 Å². The predicted octanol–water partition coefficient (Wildman–Crippen LogP) is 3.33. The molecule has 2 rings (SSSR count). The molecule has 1 N–H and O–H groups in total. The van der Waals surface area contributed by atoms with Crippen molar-refractivity contribution in [1.29, 1.82) is 0 Å². The van der Waals surface area contributed by atoms with E-state index in [0.717, 1.165) is 25.9 Å². The van der Waals surface area contributed by atoms with E-state index in [4.69, 9.17) is 16.7 Å². The molecule has 0 aromatic heterocycles. The highest BCUT2D eigenvalue weighted by atomic mass is 35.5. The number of nitro groups is 1. The van der Waals surface area contributed by atoms with Gasteiger partial charge >= 0.3 is 5.97 Å². The van der Waals surface area contributed by atoms with Gasteiger partial charge in [0.25, 0.3) is 5.69 Å². The van der Waals surface area contributed by atoms with E-state index < -0.39 is 10.9 Å². The van der Waals surface area contributed by atoms with Gasteiger partial charge in [0.15, 0.2) is 0 Å². The molecule has 1 aromatic carbocycles. The van der Waals surface area contributed by atoms with Gasteiger partial charge in [-0.3, -0.25) is 19.8 Å². The number of aliphatic carboxylic acids is 1. The minimum absolute atomic E-state index is 0.0806. The van der Waals surface area contributed by atoms with Gasteiger partial charge in [-0.1, -0.05) is 11.6 Å². The van der Waals surface area contributed by atoms with Gasteiger partial charge in [-0.05, 0) is 43.9 Å². The van der Waals surface area contributed by atoms with Crippen molar-refractivity contribution in [1.82, 2.24) is 4.90 Å². The van der Waals surface area contributed by atoms with Crippen molar-refractivity contribution in [2.45, 2.75) is 32.2 Å². The summed E-state index contributed by atoms with van der Waals surface area (Å²) in [7, 11) is 0. The number of piperidine rings is 1. The molecule has 0 spiro atoms. The van der Waals surface area contributed by atoms with Crippen LogP contribution in [-0.2, 0) is 11.3 Å². The third-order valence-electron chi connectivity index (χ3n) is 4.00. The topological polar surface area (TPSA) is 83.7 Å². The Bertz CT molecular complexity index is 564. The maximum atomic E-state index is 11.1. The number of hydrogen-bond acceptors (Lipinski definition) is 4. The molecule has 7 heteroatoms. The summed E-state index contributed by atoms with van der Waals surface area (Å²) in [5.41, 5.74) is 0.688. The van der Waals surface area contributed by atoms with E-state index in [1.807, 2.05) is 0 Å². The first kappa shape index (κ1) is 16.7. The van der Waals surface area contributed by atoms with Crippen LogP contribution in [0.1, 0.15) is 31.2 Å². The summed E-state index contributed by atoms with van der Waals surface area (Å²) in [5, 5.41) is 20.4. The van der Waals surface area contributed by atoms with Crippen molar-refractivity contribution in [3.05, 3.63) is 38.9 Å². The molecule has 120 valence electrons. The number of rotatable bonds is 6. The number of carbonyl (C=O) groups is 1. The molecule has 0 amide bonds. The maximum Gasteiger partial charge on any atom is 0.303 e. The molecule has 1 atom stereocenters. The molecule has 0 radical (unpaired) electrons. The molecule has 0 aliphatic carbocycles. The van der Waals surface area contributed by atoms with E-state index in [1.54, 1.807) is 6.07 Å². The second-order valence-electron chi connectivity index (χ2n) is 5.71. The zero-order chi connectivity index (χ0) is 16.1. The molecule has 1 heterocycles. The average Bonchev–Trinajstić information content (AvgIpc) is 2.45. The van der Waals surface area contributed by atoms with Gasteiger partial charge in [-0.2, -0.15) is 0 Å². The quantitative estimate of drug-likeness (QED) is 0.640. The number of carboxylic acids is 1. The molecule has 0 bridgehead atoms. The summed E-state index contributed by atoms with van der Waals surface area (Å²) in [5.74, 6) is -0.439. The van der Waals surface area contributed by atoms with E-state index in [1.165, 1.54) is 12.1 Å². The van der Waals surface area contributed by atoms with Crippen molar-refractivity contribution >= 4 is 23.3 Å². The number of halogens is 1. The zero-order valence-corrected chi connectivity index (χ0v) is 13.0. The van der Waals surface area contributed by atoms with E-state index in [-0.39, 0.29) is 12.1 Å². The number of likely N-dealkylation sites (tertiary alicyclic amines) is 1. The number of carboxylic acid groups (broad SMARTS) is 1. The molecular formula is C15H19ClN2O4.